The Morgan fingerprint density at radius 1 is 0.535 bits per heavy atom. The van der Waals surface area contributed by atoms with Crippen LogP contribution in [0.2, 0.25) is 0 Å². The van der Waals surface area contributed by atoms with E-state index in [0.29, 0.717) is 0 Å². The summed E-state index contributed by atoms with van der Waals surface area (Å²) in [5.41, 5.74) is 15.8. The van der Waals surface area contributed by atoms with Crippen LogP contribution in [-0.2, 0) is 16.2 Å². The average molecular weight is 559 g/mol. The highest BCUT2D eigenvalue weighted by atomic mass is 15.2. The molecule has 0 fully saturated rings. The first-order valence-corrected chi connectivity index (χ1v) is 15.3. The molecule has 0 unspecified atom stereocenters. The first-order valence-electron chi connectivity index (χ1n) is 15.3. The van der Waals surface area contributed by atoms with Gasteiger partial charge in [-0.1, -0.05) is 96.1 Å². The molecule has 2 aromatic heterocycles. The lowest BCUT2D eigenvalue weighted by molar-refractivity contribution is 0.567. The molecule has 9 rings (SSSR count). The quantitative estimate of drug-likeness (QED) is 0.212. The molecule has 0 saturated carbocycles. The van der Waals surface area contributed by atoms with Crippen molar-refractivity contribution in [3.63, 3.8) is 0 Å². The van der Waals surface area contributed by atoms with Gasteiger partial charge in [0.15, 0.2) is 5.65 Å². The Bertz CT molecular complexity index is 2070. The maximum atomic E-state index is 5.23. The number of hydrogen-bond acceptors (Lipinski definition) is 3. The predicted octanol–water partition coefficient (Wildman–Crippen LogP) is 9.48. The molecule has 0 N–H and O–H groups in total. The Kier molecular flexibility index (Phi) is 4.52. The van der Waals surface area contributed by atoms with Gasteiger partial charge < -0.3 is 4.90 Å². The molecule has 0 atom stereocenters. The summed E-state index contributed by atoms with van der Waals surface area (Å²) in [6.07, 6.45) is 1.86. The molecular weight excluding hydrogens is 524 g/mol. The van der Waals surface area contributed by atoms with Crippen LogP contribution >= 0.6 is 0 Å². The summed E-state index contributed by atoms with van der Waals surface area (Å²) in [4.78, 5) is 12.6. The number of anilines is 3. The van der Waals surface area contributed by atoms with Gasteiger partial charge in [0.05, 0.1) is 17.1 Å². The molecule has 0 spiro atoms. The number of benzene rings is 4. The Hall–Kier alpha value is -4.70. The summed E-state index contributed by atoms with van der Waals surface area (Å²) in [6, 6.07) is 33.3. The lowest BCUT2D eigenvalue weighted by Crippen LogP contribution is -2.43. The van der Waals surface area contributed by atoms with Crippen molar-refractivity contribution in [1.29, 1.82) is 0 Å². The van der Waals surface area contributed by atoms with Gasteiger partial charge in [-0.3, -0.25) is 4.57 Å². The van der Waals surface area contributed by atoms with E-state index < -0.39 is 0 Å². The van der Waals surface area contributed by atoms with Gasteiger partial charge >= 0.3 is 0 Å². The van der Waals surface area contributed by atoms with E-state index in [1.165, 1.54) is 50.4 Å². The van der Waals surface area contributed by atoms with Crippen LogP contribution in [0.5, 0.6) is 0 Å². The number of hydrogen-bond donors (Lipinski definition) is 0. The van der Waals surface area contributed by atoms with E-state index in [-0.39, 0.29) is 16.2 Å². The lowest BCUT2D eigenvalue weighted by Gasteiger charge is -2.55. The zero-order valence-electron chi connectivity index (χ0n) is 25.5. The second-order valence-electron chi connectivity index (χ2n) is 14.0. The van der Waals surface area contributed by atoms with Gasteiger partial charge in [-0.15, -0.1) is 0 Å². The molecule has 43 heavy (non-hydrogen) atoms. The summed E-state index contributed by atoms with van der Waals surface area (Å²) in [7, 11) is 0. The fraction of sp³-hybridized carbons (Fsp3) is 0.231. The minimum atomic E-state index is -0.209. The zero-order valence-corrected chi connectivity index (χ0v) is 25.5. The van der Waals surface area contributed by atoms with Crippen molar-refractivity contribution in [2.45, 2.75) is 57.8 Å². The standard InChI is InChI=1S/C39H34N4/c1-37(2)25-15-10-17-27-32(25)43-33-26(37)16-11-18-28(33)39(5,6)30-22-23(21-29(34(30)43)38(27,3)4)35-41-31-19-12-20-40-36(31)42(35)24-13-8-7-9-14-24/h7-22H,1-6H3. The van der Waals surface area contributed by atoms with Crippen molar-refractivity contribution in [2.75, 3.05) is 4.90 Å². The molecule has 3 aliphatic rings. The molecular formula is C39H34N4. The van der Waals surface area contributed by atoms with E-state index in [9.17, 15) is 0 Å². The van der Waals surface area contributed by atoms with Crippen LogP contribution in [0.15, 0.2) is 97.2 Å². The molecule has 4 heteroatoms. The summed E-state index contributed by atoms with van der Waals surface area (Å²) in [5, 5.41) is 0. The summed E-state index contributed by atoms with van der Waals surface area (Å²) < 4.78 is 2.22. The van der Waals surface area contributed by atoms with E-state index in [1.807, 2.05) is 12.3 Å². The van der Waals surface area contributed by atoms with Gasteiger partial charge in [0.1, 0.15) is 11.3 Å². The third kappa shape index (κ3) is 2.91. The maximum absolute atomic E-state index is 5.23. The Morgan fingerprint density at radius 3 is 1.60 bits per heavy atom. The number of fused-ring (bicyclic) bond motifs is 1. The van der Waals surface area contributed by atoms with Gasteiger partial charge in [-0.05, 0) is 69.8 Å². The van der Waals surface area contributed by atoms with Crippen LogP contribution in [0.1, 0.15) is 74.9 Å². The third-order valence-electron chi connectivity index (χ3n) is 10.6. The summed E-state index contributed by atoms with van der Waals surface area (Å²) in [6.45, 7) is 14.4. The fourth-order valence-electron chi connectivity index (χ4n) is 8.24. The van der Waals surface area contributed by atoms with E-state index in [2.05, 4.69) is 136 Å². The smallest absolute Gasteiger partial charge is 0.164 e. The fourth-order valence-corrected chi connectivity index (χ4v) is 8.24. The van der Waals surface area contributed by atoms with Crippen molar-refractivity contribution < 1.29 is 0 Å². The van der Waals surface area contributed by atoms with Gasteiger partial charge in [-0.2, -0.15) is 0 Å². The van der Waals surface area contributed by atoms with Gasteiger partial charge in [0.25, 0.3) is 0 Å². The van der Waals surface area contributed by atoms with Gasteiger partial charge in [-0.25, -0.2) is 9.97 Å². The van der Waals surface area contributed by atoms with Crippen molar-refractivity contribution in [3.05, 3.63) is 131 Å². The molecule has 210 valence electrons. The maximum Gasteiger partial charge on any atom is 0.164 e. The molecule has 0 bridgehead atoms. The molecule has 3 aliphatic heterocycles. The summed E-state index contributed by atoms with van der Waals surface area (Å²) in [5.74, 6) is 0.921. The van der Waals surface area contributed by atoms with E-state index in [0.717, 1.165) is 28.2 Å². The molecule has 4 nitrogen and oxygen atoms in total. The van der Waals surface area contributed by atoms with E-state index in [4.69, 9.17) is 9.97 Å². The Balaban J connectivity index is 1.42. The Labute approximate surface area is 252 Å². The minimum absolute atomic E-state index is 0.0954. The minimum Gasteiger partial charge on any atom is -0.309 e. The van der Waals surface area contributed by atoms with Crippen LogP contribution in [0.4, 0.5) is 17.1 Å². The van der Waals surface area contributed by atoms with E-state index in [1.54, 1.807) is 0 Å². The van der Waals surface area contributed by atoms with Crippen LogP contribution in [-0.4, -0.2) is 14.5 Å². The predicted molar refractivity (Wildman–Crippen MR) is 175 cm³/mol. The van der Waals surface area contributed by atoms with Crippen molar-refractivity contribution in [2.24, 2.45) is 0 Å². The van der Waals surface area contributed by atoms with Gasteiger partial charge in [0.2, 0.25) is 0 Å². The molecule has 4 aromatic carbocycles. The number of rotatable bonds is 2. The monoisotopic (exact) mass is 558 g/mol. The molecule has 0 radical (unpaired) electrons. The molecule has 6 aromatic rings. The topological polar surface area (TPSA) is 34.0 Å². The lowest BCUT2D eigenvalue weighted by atomic mass is 9.60. The van der Waals surface area contributed by atoms with Gasteiger partial charge in [0, 0.05) is 33.7 Å². The highest BCUT2D eigenvalue weighted by molar-refractivity contribution is 5.99. The molecule has 0 saturated heterocycles. The number of para-hydroxylation sites is 3. The van der Waals surface area contributed by atoms with Crippen LogP contribution in [0, 0.1) is 0 Å². The highest BCUT2D eigenvalue weighted by Crippen LogP contribution is 2.66. The second kappa shape index (κ2) is 7.82. The normalized spacial score (nSPS) is 17.6. The number of nitrogens with zero attached hydrogens (tertiary/aromatic N) is 4. The summed E-state index contributed by atoms with van der Waals surface area (Å²) >= 11 is 0. The third-order valence-corrected chi connectivity index (χ3v) is 10.6. The van der Waals surface area contributed by atoms with Crippen LogP contribution < -0.4 is 4.90 Å². The molecule has 5 heterocycles. The van der Waals surface area contributed by atoms with Crippen LogP contribution in [0.3, 0.4) is 0 Å². The van der Waals surface area contributed by atoms with E-state index >= 15 is 0 Å². The second-order valence-corrected chi connectivity index (χ2v) is 14.0. The van der Waals surface area contributed by atoms with Crippen molar-refractivity contribution >= 4 is 28.2 Å². The van der Waals surface area contributed by atoms with Crippen LogP contribution in [0.25, 0.3) is 28.2 Å². The number of imidazole rings is 1. The number of pyridine rings is 1. The SMILES string of the molecule is CC1(C)c2cccc3c2N2c4c1cccc4C(C)(C)c1cc(-c4nc5cccnc5n4-c4ccccc4)cc(c12)C3(C)C. The van der Waals surface area contributed by atoms with Crippen molar-refractivity contribution in [3.8, 4) is 17.1 Å². The van der Waals surface area contributed by atoms with Crippen molar-refractivity contribution in [1.82, 2.24) is 14.5 Å². The molecule has 0 aliphatic carbocycles. The first kappa shape index (κ1) is 24.9. The largest absolute Gasteiger partial charge is 0.309 e. The molecule has 0 amide bonds. The number of aromatic nitrogens is 3. The average Bonchev–Trinajstić information content (AvgIpc) is 3.40. The Morgan fingerprint density at radius 2 is 1.05 bits per heavy atom. The highest BCUT2D eigenvalue weighted by Gasteiger charge is 2.51. The first-order chi connectivity index (χ1) is 20.6. The zero-order chi connectivity index (χ0) is 29.5.